The van der Waals surface area contributed by atoms with E-state index in [0.29, 0.717) is 0 Å². The summed E-state index contributed by atoms with van der Waals surface area (Å²) in [6.07, 6.45) is 0. The van der Waals surface area contributed by atoms with Gasteiger partial charge in [-0.2, -0.15) is 0 Å². The molecule has 0 aromatic heterocycles. The molecular formula is C12H17FN2S. The van der Waals surface area contributed by atoms with Gasteiger partial charge >= 0.3 is 0 Å². The monoisotopic (exact) mass is 240 g/mol. The lowest BCUT2D eigenvalue weighted by Gasteiger charge is -2.26. The van der Waals surface area contributed by atoms with Crippen molar-refractivity contribution in [3.63, 3.8) is 0 Å². The molecule has 1 N–H and O–H groups in total. The highest BCUT2D eigenvalue weighted by Crippen LogP contribution is 2.17. The Hall–Kier alpha value is -0.580. The van der Waals surface area contributed by atoms with Gasteiger partial charge in [-0.25, -0.2) is 4.39 Å². The Kier molecular flexibility index (Phi) is 4.63. The molecule has 1 aliphatic heterocycles. The van der Waals surface area contributed by atoms with Crippen molar-refractivity contribution in [1.29, 1.82) is 0 Å². The van der Waals surface area contributed by atoms with E-state index in [-0.39, 0.29) is 5.82 Å². The fourth-order valence-corrected chi connectivity index (χ4v) is 2.67. The first-order chi connectivity index (χ1) is 7.84. The molecule has 1 aromatic carbocycles. The molecule has 0 radical (unpaired) electrons. The zero-order chi connectivity index (χ0) is 11.2. The molecule has 16 heavy (non-hydrogen) atoms. The van der Waals surface area contributed by atoms with Gasteiger partial charge in [-0.3, -0.25) is 4.90 Å². The third kappa shape index (κ3) is 3.77. The van der Waals surface area contributed by atoms with E-state index in [2.05, 4.69) is 10.2 Å². The third-order valence-electron chi connectivity index (χ3n) is 2.70. The number of hydrogen-bond donors (Lipinski definition) is 1. The minimum absolute atomic E-state index is 0.161. The Bertz CT molecular complexity index is 309. The van der Waals surface area contributed by atoms with E-state index in [4.69, 9.17) is 0 Å². The lowest BCUT2D eigenvalue weighted by Crippen LogP contribution is -2.44. The van der Waals surface area contributed by atoms with Gasteiger partial charge in [0.25, 0.3) is 0 Å². The highest BCUT2D eigenvalue weighted by atomic mass is 32.2. The van der Waals surface area contributed by atoms with Crippen LogP contribution < -0.4 is 5.32 Å². The van der Waals surface area contributed by atoms with E-state index in [1.165, 1.54) is 12.1 Å². The standard InChI is InChI=1S/C12H17FN2S/c13-11-1-3-12(4-2-11)16-10-9-15-7-5-14-6-8-15/h1-4,14H,5-10H2. The van der Waals surface area contributed by atoms with Crippen LogP contribution in [0.15, 0.2) is 29.2 Å². The topological polar surface area (TPSA) is 15.3 Å². The summed E-state index contributed by atoms with van der Waals surface area (Å²) in [4.78, 5) is 3.61. The number of rotatable bonds is 4. The summed E-state index contributed by atoms with van der Waals surface area (Å²) < 4.78 is 12.7. The molecule has 2 rings (SSSR count). The van der Waals surface area contributed by atoms with Crippen LogP contribution in [0.3, 0.4) is 0 Å². The maximum absolute atomic E-state index is 12.7. The van der Waals surface area contributed by atoms with Crippen LogP contribution in [0.2, 0.25) is 0 Å². The molecule has 2 nitrogen and oxygen atoms in total. The van der Waals surface area contributed by atoms with Gasteiger partial charge < -0.3 is 5.32 Å². The normalized spacial score (nSPS) is 17.6. The van der Waals surface area contributed by atoms with E-state index < -0.39 is 0 Å². The van der Waals surface area contributed by atoms with Gasteiger partial charge in [0.2, 0.25) is 0 Å². The highest BCUT2D eigenvalue weighted by Gasteiger charge is 2.08. The number of nitrogens with one attached hydrogen (secondary N) is 1. The number of thioether (sulfide) groups is 1. The first-order valence-corrected chi connectivity index (χ1v) is 6.64. The zero-order valence-electron chi connectivity index (χ0n) is 9.29. The van der Waals surface area contributed by atoms with Gasteiger partial charge in [0, 0.05) is 43.4 Å². The third-order valence-corrected chi connectivity index (χ3v) is 3.69. The van der Waals surface area contributed by atoms with Crippen molar-refractivity contribution in [2.75, 3.05) is 38.5 Å². The van der Waals surface area contributed by atoms with Crippen molar-refractivity contribution in [3.05, 3.63) is 30.1 Å². The second-order valence-corrected chi connectivity index (χ2v) is 5.06. The average Bonchev–Trinajstić information content (AvgIpc) is 2.33. The number of nitrogens with zero attached hydrogens (tertiary/aromatic N) is 1. The van der Waals surface area contributed by atoms with Crippen LogP contribution in [0.25, 0.3) is 0 Å². The average molecular weight is 240 g/mol. The second kappa shape index (κ2) is 6.23. The van der Waals surface area contributed by atoms with E-state index in [1.54, 1.807) is 11.8 Å². The Balaban J connectivity index is 1.69. The van der Waals surface area contributed by atoms with E-state index in [0.717, 1.165) is 43.4 Å². The van der Waals surface area contributed by atoms with Crippen LogP contribution >= 0.6 is 11.8 Å². The van der Waals surface area contributed by atoms with Gasteiger partial charge in [-0.05, 0) is 24.3 Å². The van der Waals surface area contributed by atoms with Gasteiger partial charge in [-0.1, -0.05) is 0 Å². The van der Waals surface area contributed by atoms with Gasteiger partial charge in [0.15, 0.2) is 0 Å². The van der Waals surface area contributed by atoms with E-state index in [1.807, 2.05) is 12.1 Å². The summed E-state index contributed by atoms with van der Waals surface area (Å²) >= 11 is 1.79. The van der Waals surface area contributed by atoms with Crippen LogP contribution in [-0.4, -0.2) is 43.4 Å². The molecule has 1 heterocycles. The van der Waals surface area contributed by atoms with Crippen LogP contribution in [-0.2, 0) is 0 Å². The molecule has 0 saturated carbocycles. The molecule has 1 aromatic rings. The van der Waals surface area contributed by atoms with Gasteiger partial charge in [0.05, 0.1) is 0 Å². The summed E-state index contributed by atoms with van der Waals surface area (Å²) in [5.41, 5.74) is 0. The first kappa shape index (κ1) is 11.9. The molecule has 88 valence electrons. The highest BCUT2D eigenvalue weighted by molar-refractivity contribution is 7.99. The van der Waals surface area contributed by atoms with E-state index >= 15 is 0 Å². The predicted molar refractivity (Wildman–Crippen MR) is 66.4 cm³/mol. The SMILES string of the molecule is Fc1ccc(SCCN2CCNCC2)cc1. The second-order valence-electron chi connectivity index (χ2n) is 3.89. The molecule has 0 aliphatic carbocycles. The fraction of sp³-hybridized carbons (Fsp3) is 0.500. The molecule has 0 bridgehead atoms. The molecular weight excluding hydrogens is 223 g/mol. The van der Waals surface area contributed by atoms with E-state index in [9.17, 15) is 4.39 Å². The van der Waals surface area contributed by atoms with Crippen molar-refractivity contribution in [2.24, 2.45) is 0 Å². The molecule has 1 saturated heterocycles. The Morgan fingerprint density at radius 3 is 2.56 bits per heavy atom. The van der Waals surface area contributed by atoms with Crippen LogP contribution in [0.1, 0.15) is 0 Å². The summed E-state index contributed by atoms with van der Waals surface area (Å²) in [6.45, 7) is 5.60. The molecule has 0 unspecified atom stereocenters. The van der Waals surface area contributed by atoms with Crippen molar-refractivity contribution >= 4 is 11.8 Å². The summed E-state index contributed by atoms with van der Waals surface area (Å²) in [5.74, 6) is 0.914. The summed E-state index contributed by atoms with van der Waals surface area (Å²) in [7, 11) is 0. The predicted octanol–water partition coefficient (Wildman–Crippen LogP) is 1.82. The Morgan fingerprint density at radius 2 is 1.88 bits per heavy atom. The minimum Gasteiger partial charge on any atom is -0.314 e. The Morgan fingerprint density at radius 1 is 1.19 bits per heavy atom. The summed E-state index contributed by atoms with van der Waals surface area (Å²) in [6, 6.07) is 6.73. The maximum atomic E-state index is 12.7. The quantitative estimate of drug-likeness (QED) is 0.808. The number of halogens is 1. The Labute approximate surface area is 100 Å². The fourth-order valence-electron chi connectivity index (χ4n) is 1.76. The lowest BCUT2D eigenvalue weighted by atomic mass is 10.3. The van der Waals surface area contributed by atoms with Crippen molar-refractivity contribution in [2.45, 2.75) is 4.90 Å². The molecule has 1 aliphatic rings. The van der Waals surface area contributed by atoms with Crippen LogP contribution in [0.5, 0.6) is 0 Å². The minimum atomic E-state index is -0.161. The van der Waals surface area contributed by atoms with Crippen molar-refractivity contribution < 1.29 is 4.39 Å². The molecule has 4 heteroatoms. The zero-order valence-corrected chi connectivity index (χ0v) is 10.1. The molecule has 0 atom stereocenters. The van der Waals surface area contributed by atoms with Crippen LogP contribution in [0, 0.1) is 5.82 Å². The molecule has 1 fully saturated rings. The molecule has 0 spiro atoms. The number of piperazine rings is 1. The molecule has 0 amide bonds. The van der Waals surface area contributed by atoms with Gasteiger partial charge in [0.1, 0.15) is 5.82 Å². The van der Waals surface area contributed by atoms with Crippen molar-refractivity contribution in [1.82, 2.24) is 10.2 Å². The summed E-state index contributed by atoms with van der Waals surface area (Å²) in [5, 5.41) is 3.34. The smallest absolute Gasteiger partial charge is 0.123 e. The number of benzene rings is 1. The first-order valence-electron chi connectivity index (χ1n) is 5.66. The van der Waals surface area contributed by atoms with Crippen LogP contribution in [0.4, 0.5) is 4.39 Å². The van der Waals surface area contributed by atoms with Gasteiger partial charge in [-0.15, -0.1) is 11.8 Å². The van der Waals surface area contributed by atoms with Crippen molar-refractivity contribution in [3.8, 4) is 0 Å². The number of hydrogen-bond acceptors (Lipinski definition) is 3. The largest absolute Gasteiger partial charge is 0.314 e. The lowest BCUT2D eigenvalue weighted by molar-refractivity contribution is 0.255. The maximum Gasteiger partial charge on any atom is 0.123 e.